The van der Waals surface area contributed by atoms with Crippen molar-refractivity contribution in [2.75, 3.05) is 19.0 Å². The van der Waals surface area contributed by atoms with Crippen molar-refractivity contribution >= 4 is 17.5 Å². The van der Waals surface area contributed by atoms with Crippen LogP contribution in [0.4, 0.5) is 8.78 Å². The summed E-state index contributed by atoms with van der Waals surface area (Å²) in [4.78, 5) is 26.0. The van der Waals surface area contributed by atoms with Crippen molar-refractivity contribution in [3.63, 3.8) is 0 Å². The zero-order chi connectivity index (χ0) is 12.8. The number of rotatable bonds is 5. The fourth-order valence-electron chi connectivity index (χ4n) is 1.29. The second-order valence-corrected chi connectivity index (χ2v) is 3.64. The molecule has 7 heteroatoms. The normalized spacial score (nSPS) is 10.6. The third-order valence-corrected chi connectivity index (χ3v) is 2.17. The molecule has 0 unspecified atom stereocenters. The fraction of sp³-hybridized carbons (Fsp3) is 0.400. The maximum atomic E-state index is 12.3. The molecular formula is C10H11ClF2N2O2. The summed E-state index contributed by atoms with van der Waals surface area (Å²) in [6.45, 7) is -0.704. The number of H-pyrrole nitrogens is 1. The third kappa shape index (κ3) is 4.14. The topological polar surface area (TPSA) is 53.2 Å². The maximum Gasteiger partial charge on any atom is 0.270 e. The number of nitrogens with zero attached hydrogens (tertiary/aromatic N) is 1. The third-order valence-electron chi connectivity index (χ3n) is 2.00. The summed E-state index contributed by atoms with van der Waals surface area (Å²) in [6, 6.07) is 3.97. The monoisotopic (exact) mass is 264 g/mol. The number of carbonyl (C=O) groups excluding carboxylic acids is 1. The molecule has 0 bridgehead atoms. The van der Waals surface area contributed by atoms with E-state index >= 15 is 0 Å². The summed E-state index contributed by atoms with van der Waals surface area (Å²) in [5, 5.41) is 0. The highest BCUT2D eigenvalue weighted by molar-refractivity contribution is 6.18. The van der Waals surface area contributed by atoms with Crippen LogP contribution in [0.25, 0.3) is 0 Å². The van der Waals surface area contributed by atoms with E-state index in [1.54, 1.807) is 0 Å². The first-order valence-electron chi connectivity index (χ1n) is 4.87. The maximum absolute atomic E-state index is 12.3. The Labute approximate surface area is 101 Å². The molecule has 1 aromatic heterocycles. The minimum Gasteiger partial charge on any atom is -0.330 e. The highest BCUT2D eigenvalue weighted by atomic mass is 35.5. The van der Waals surface area contributed by atoms with Crippen LogP contribution in [0.2, 0.25) is 0 Å². The first kappa shape index (κ1) is 13.6. The number of alkyl halides is 3. The van der Waals surface area contributed by atoms with Gasteiger partial charge in [0.2, 0.25) is 5.56 Å². The number of hydrogen-bond acceptors (Lipinski definition) is 2. The average Bonchev–Trinajstić information content (AvgIpc) is 2.27. The largest absolute Gasteiger partial charge is 0.330 e. The van der Waals surface area contributed by atoms with E-state index in [9.17, 15) is 18.4 Å². The molecule has 94 valence electrons. The summed E-state index contributed by atoms with van der Waals surface area (Å²) in [5.41, 5.74) is -0.484. The van der Waals surface area contributed by atoms with Crippen molar-refractivity contribution in [3.05, 3.63) is 34.2 Å². The molecule has 1 N–H and O–H groups in total. The summed E-state index contributed by atoms with van der Waals surface area (Å²) in [7, 11) is 0. The van der Waals surface area contributed by atoms with Gasteiger partial charge in [0.1, 0.15) is 5.69 Å². The van der Waals surface area contributed by atoms with E-state index in [2.05, 4.69) is 4.98 Å². The number of pyridine rings is 1. The molecule has 0 aromatic carbocycles. The summed E-state index contributed by atoms with van der Waals surface area (Å²) >= 11 is 5.43. The quantitative estimate of drug-likeness (QED) is 0.816. The molecule has 4 nitrogen and oxygen atoms in total. The van der Waals surface area contributed by atoms with Crippen molar-refractivity contribution in [1.82, 2.24) is 9.88 Å². The van der Waals surface area contributed by atoms with E-state index in [1.165, 1.54) is 18.2 Å². The van der Waals surface area contributed by atoms with Gasteiger partial charge >= 0.3 is 0 Å². The molecule has 1 rings (SSSR count). The van der Waals surface area contributed by atoms with Gasteiger partial charge in [0.15, 0.2) is 0 Å². The highest BCUT2D eigenvalue weighted by Gasteiger charge is 2.19. The van der Waals surface area contributed by atoms with Crippen LogP contribution in [0.3, 0.4) is 0 Å². The lowest BCUT2D eigenvalue weighted by Gasteiger charge is -2.20. The van der Waals surface area contributed by atoms with E-state index in [0.717, 1.165) is 4.90 Å². The molecule has 0 spiro atoms. The molecule has 1 heterocycles. The van der Waals surface area contributed by atoms with Crippen LogP contribution in [-0.4, -0.2) is 41.2 Å². The van der Waals surface area contributed by atoms with Crippen molar-refractivity contribution in [1.29, 1.82) is 0 Å². The van der Waals surface area contributed by atoms with Crippen LogP contribution in [-0.2, 0) is 0 Å². The van der Waals surface area contributed by atoms with Crippen LogP contribution in [0, 0.1) is 0 Å². The van der Waals surface area contributed by atoms with Gasteiger partial charge in [-0.2, -0.15) is 0 Å². The number of halogens is 3. The number of carbonyl (C=O) groups is 1. The first-order valence-corrected chi connectivity index (χ1v) is 5.40. The Balaban J connectivity index is 2.87. The Bertz CT molecular complexity index is 436. The molecule has 0 radical (unpaired) electrons. The number of aromatic nitrogens is 1. The van der Waals surface area contributed by atoms with E-state index in [1.807, 2.05) is 0 Å². The zero-order valence-corrected chi connectivity index (χ0v) is 9.58. The Morgan fingerprint density at radius 3 is 2.71 bits per heavy atom. The first-order chi connectivity index (χ1) is 8.04. The fourth-order valence-corrected chi connectivity index (χ4v) is 1.49. The molecule has 1 amide bonds. The lowest BCUT2D eigenvalue weighted by Crippen LogP contribution is -2.37. The second kappa shape index (κ2) is 6.34. The molecule has 17 heavy (non-hydrogen) atoms. The molecular weight excluding hydrogens is 254 g/mol. The molecule has 1 aromatic rings. The van der Waals surface area contributed by atoms with Gasteiger partial charge in [-0.1, -0.05) is 6.07 Å². The Morgan fingerprint density at radius 2 is 2.18 bits per heavy atom. The number of nitrogens with one attached hydrogen (secondary N) is 1. The summed E-state index contributed by atoms with van der Waals surface area (Å²) in [6.07, 6.45) is -2.64. The standard InChI is InChI=1S/C10H11ClF2N2O2/c11-4-5-15(6-8(12)13)10(17)7-2-1-3-9(16)14-7/h1-3,8H,4-6H2,(H,14,16). The van der Waals surface area contributed by atoms with E-state index in [4.69, 9.17) is 11.6 Å². The van der Waals surface area contributed by atoms with Gasteiger partial charge < -0.3 is 9.88 Å². The minimum absolute atomic E-state index is 0.00164. The lowest BCUT2D eigenvalue weighted by molar-refractivity contribution is 0.0566. The second-order valence-electron chi connectivity index (χ2n) is 3.26. The Hall–Kier alpha value is -1.43. The van der Waals surface area contributed by atoms with Crippen LogP contribution < -0.4 is 5.56 Å². The molecule has 0 atom stereocenters. The summed E-state index contributed by atoms with van der Waals surface area (Å²) in [5.74, 6) is -0.612. The van der Waals surface area contributed by atoms with Crippen LogP contribution in [0.5, 0.6) is 0 Å². The van der Waals surface area contributed by atoms with E-state index < -0.39 is 24.4 Å². The van der Waals surface area contributed by atoms with E-state index in [0.29, 0.717) is 0 Å². The Kier molecular flexibility index (Phi) is 5.09. The van der Waals surface area contributed by atoms with Gasteiger partial charge in [-0.25, -0.2) is 8.78 Å². The van der Waals surface area contributed by atoms with Crippen molar-refractivity contribution in [2.24, 2.45) is 0 Å². The highest BCUT2D eigenvalue weighted by Crippen LogP contribution is 2.04. The Morgan fingerprint density at radius 1 is 1.47 bits per heavy atom. The van der Waals surface area contributed by atoms with Crippen molar-refractivity contribution < 1.29 is 13.6 Å². The van der Waals surface area contributed by atoms with Gasteiger partial charge in [-0.15, -0.1) is 11.6 Å². The average molecular weight is 265 g/mol. The van der Waals surface area contributed by atoms with Crippen molar-refractivity contribution in [3.8, 4) is 0 Å². The molecule has 0 aliphatic rings. The van der Waals surface area contributed by atoms with Crippen molar-refractivity contribution in [2.45, 2.75) is 6.43 Å². The molecule has 0 aliphatic heterocycles. The smallest absolute Gasteiger partial charge is 0.270 e. The molecule has 0 aliphatic carbocycles. The van der Waals surface area contributed by atoms with Crippen LogP contribution in [0.15, 0.2) is 23.0 Å². The van der Waals surface area contributed by atoms with Gasteiger partial charge in [0, 0.05) is 18.5 Å². The van der Waals surface area contributed by atoms with Crippen LogP contribution in [0.1, 0.15) is 10.5 Å². The van der Waals surface area contributed by atoms with Gasteiger partial charge in [0.05, 0.1) is 6.54 Å². The minimum atomic E-state index is -2.64. The lowest BCUT2D eigenvalue weighted by atomic mass is 10.3. The number of aromatic amines is 1. The molecule has 0 saturated carbocycles. The zero-order valence-electron chi connectivity index (χ0n) is 8.83. The predicted molar refractivity (Wildman–Crippen MR) is 59.7 cm³/mol. The van der Waals surface area contributed by atoms with E-state index in [-0.39, 0.29) is 18.1 Å². The number of hydrogen-bond donors (Lipinski definition) is 1. The van der Waals surface area contributed by atoms with Gasteiger partial charge in [-0.3, -0.25) is 9.59 Å². The molecule has 0 fully saturated rings. The predicted octanol–water partition coefficient (Wildman–Crippen LogP) is 1.32. The SMILES string of the molecule is O=C(c1cccc(=O)[nH]1)N(CCCl)CC(F)F. The van der Waals surface area contributed by atoms with Gasteiger partial charge in [0.25, 0.3) is 12.3 Å². The van der Waals surface area contributed by atoms with Gasteiger partial charge in [-0.05, 0) is 6.07 Å². The summed E-state index contributed by atoms with van der Waals surface area (Å²) < 4.78 is 24.5. The van der Waals surface area contributed by atoms with Crippen LogP contribution >= 0.6 is 11.6 Å². The molecule has 0 saturated heterocycles. The number of amides is 1.